The van der Waals surface area contributed by atoms with Gasteiger partial charge < -0.3 is 4.74 Å². The standard InChI is InChI=1S/C31H24FN3O4S/c1-3-23-15-25-29(37)34(18-28(36)21-11-13-22(39-2)14-12-21)31(38)35(30(25)40-23)17-19-7-9-20(10-8-19)24-5-4-6-27(32)26(24)16-33/h4-15H,3,17-18H2,1-2H3. The van der Waals surface area contributed by atoms with Crippen LogP contribution in [0.2, 0.25) is 0 Å². The SMILES string of the molecule is CCc1cc2c(=O)n(CC(=O)c3ccc(OC)cc3)c(=O)n(Cc3ccc(-c4cccc(F)c4C#N)cc3)c2s1. The number of hydrogen-bond acceptors (Lipinski definition) is 6. The molecule has 0 N–H and O–H groups in total. The first-order valence-corrected chi connectivity index (χ1v) is 13.4. The minimum Gasteiger partial charge on any atom is -0.497 e. The van der Waals surface area contributed by atoms with Gasteiger partial charge in [-0.2, -0.15) is 5.26 Å². The van der Waals surface area contributed by atoms with E-state index in [4.69, 9.17) is 4.74 Å². The molecule has 0 aliphatic heterocycles. The zero-order valence-corrected chi connectivity index (χ0v) is 22.6. The highest BCUT2D eigenvalue weighted by Crippen LogP contribution is 2.27. The predicted octanol–water partition coefficient (Wildman–Crippen LogP) is 5.40. The molecule has 5 aromatic rings. The minimum atomic E-state index is -0.589. The minimum absolute atomic E-state index is 0.0348. The highest BCUT2D eigenvalue weighted by Gasteiger charge is 2.19. The van der Waals surface area contributed by atoms with E-state index in [0.717, 1.165) is 15.0 Å². The Morgan fingerprint density at radius 3 is 2.40 bits per heavy atom. The molecule has 0 radical (unpaired) electrons. The second-order valence-electron chi connectivity index (χ2n) is 9.17. The van der Waals surface area contributed by atoms with Crippen LogP contribution in [0, 0.1) is 17.1 Å². The van der Waals surface area contributed by atoms with Gasteiger partial charge in [-0.3, -0.25) is 18.7 Å². The predicted molar refractivity (Wildman–Crippen MR) is 153 cm³/mol. The van der Waals surface area contributed by atoms with Crippen molar-refractivity contribution in [3.05, 3.63) is 121 Å². The molecule has 0 aliphatic rings. The van der Waals surface area contributed by atoms with Crippen molar-refractivity contribution < 1.29 is 13.9 Å². The van der Waals surface area contributed by atoms with Crippen molar-refractivity contribution in [1.82, 2.24) is 9.13 Å². The Hall–Kier alpha value is -4.81. The number of fused-ring (bicyclic) bond motifs is 1. The smallest absolute Gasteiger partial charge is 0.332 e. The highest BCUT2D eigenvalue weighted by atomic mass is 32.1. The molecule has 2 heterocycles. The lowest BCUT2D eigenvalue weighted by Gasteiger charge is -2.13. The van der Waals surface area contributed by atoms with Gasteiger partial charge in [0, 0.05) is 16.0 Å². The normalized spacial score (nSPS) is 10.9. The molecular weight excluding hydrogens is 529 g/mol. The topological polar surface area (TPSA) is 94.1 Å². The third-order valence-corrected chi connectivity index (χ3v) is 8.04. The number of ether oxygens (including phenoxy) is 1. The summed E-state index contributed by atoms with van der Waals surface area (Å²) in [5, 5.41) is 9.77. The van der Waals surface area contributed by atoms with Crippen molar-refractivity contribution in [2.75, 3.05) is 7.11 Å². The molecule has 9 heteroatoms. The molecule has 7 nitrogen and oxygen atoms in total. The number of nitriles is 1. The number of carbonyl (C=O) groups excluding carboxylic acids is 1. The van der Waals surface area contributed by atoms with Gasteiger partial charge in [-0.25, -0.2) is 9.18 Å². The Morgan fingerprint density at radius 1 is 1.02 bits per heavy atom. The molecule has 0 aliphatic carbocycles. The first-order valence-electron chi connectivity index (χ1n) is 12.6. The molecule has 5 rings (SSSR count). The molecule has 0 saturated heterocycles. The second-order valence-corrected chi connectivity index (χ2v) is 10.3. The third kappa shape index (κ3) is 4.97. The van der Waals surface area contributed by atoms with Gasteiger partial charge in [-0.05, 0) is 53.9 Å². The van der Waals surface area contributed by atoms with Gasteiger partial charge >= 0.3 is 5.69 Å². The van der Waals surface area contributed by atoms with Gasteiger partial charge in [-0.1, -0.05) is 43.3 Å². The van der Waals surface area contributed by atoms with Crippen molar-refractivity contribution in [2.24, 2.45) is 0 Å². The van der Waals surface area contributed by atoms with Gasteiger partial charge in [0.1, 0.15) is 22.5 Å². The number of thiophene rings is 1. The Morgan fingerprint density at radius 2 is 1.75 bits per heavy atom. The van der Waals surface area contributed by atoms with Crippen molar-refractivity contribution in [2.45, 2.75) is 26.4 Å². The summed E-state index contributed by atoms with van der Waals surface area (Å²) in [6, 6.07) is 21.8. The molecule has 0 unspecified atom stereocenters. The zero-order chi connectivity index (χ0) is 28.4. The molecule has 3 aromatic carbocycles. The first kappa shape index (κ1) is 26.8. The van der Waals surface area contributed by atoms with Crippen LogP contribution in [0.15, 0.2) is 82.4 Å². The Labute approximate surface area is 232 Å². The van der Waals surface area contributed by atoms with E-state index in [1.165, 1.54) is 29.1 Å². The summed E-state index contributed by atoms with van der Waals surface area (Å²) in [4.78, 5) is 41.6. The van der Waals surface area contributed by atoms with Gasteiger partial charge in [0.15, 0.2) is 5.78 Å². The third-order valence-electron chi connectivity index (χ3n) is 6.74. The van der Waals surface area contributed by atoms with E-state index in [1.807, 2.05) is 13.0 Å². The van der Waals surface area contributed by atoms with Crippen molar-refractivity contribution in [3.8, 4) is 22.9 Å². The molecule has 200 valence electrons. The lowest BCUT2D eigenvalue weighted by molar-refractivity contribution is 0.0969. The maximum atomic E-state index is 14.1. The van der Waals surface area contributed by atoms with Crippen LogP contribution in [0.25, 0.3) is 21.3 Å². The van der Waals surface area contributed by atoms with E-state index in [2.05, 4.69) is 0 Å². The average molecular weight is 554 g/mol. The molecule has 0 fully saturated rings. The Balaban J connectivity index is 1.54. The number of aryl methyl sites for hydroxylation is 1. The molecule has 2 aromatic heterocycles. The number of benzene rings is 3. The van der Waals surface area contributed by atoms with Crippen LogP contribution in [0.4, 0.5) is 4.39 Å². The fourth-order valence-electron chi connectivity index (χ4n) is 4.57. The van der Waals surface area contributed by atoms with Crippen LogP contribution >= 0.6 is 11.3 Å². The summed E-state index contributed by atoms with van der Waals surface area (Å²) < 4.78 is 21.8. The lowest BCUT2D eigenvalue weighted by Crippen LogP contribution is -2.41. The number of hydrogen-bond donors (Lipinski definition) is 0. The summed E-state index contributed by atoms with van der Waals surface area (Å²) in [5.74, 6) is -0.365. The molecule has 40 heavy (non-hydrogen) atoms. The number of halogens is 1. The van der Waals surface area contributed by atoms with Gasteiger partial charge in [0.2, 0.25) is 0 Å². The largest absolute Gasteiger partial charge is 0.497 e. The summed E-state index contributed by atoms with van der Waals surface area (Å²) in [6.45, 7) is 1.73. The van der Waals surface area contributed by atoms with E-state index >= 15 is 0 Å². The molecular formula is C31H24FN3O4S. The maximum Gasteiger partial charge on any atom is 0.332 e. The summed E-state index contributed by atoms with van der Waals surface area (Å²) in [6.07, 6.45) is 0.696. The van der Waals surface area contributed by atoms with E-state index in [0.29, 0.717) is 39.1 Å². The summed E-state index contributed by atoms with van der Waals surface area (Å²) in [5.41, 5.74) is 1.15. The Bertz CT molecular complexity index is 1900. The van der Waals surface area contributed by atoms with Crippen LogP contribution < -0.4 is 16.0 Å². The van der Waals surface area contributed by atoms with Gasteiger partial charge in [0.25, 0.3) is 5.56 Å². The number of nitrogens with zero attached hydrogens (tertiary/aromatic N) is 3. The van der Waals surface area contributed by atoms with E-state index < -0.39 is 23.6 Å². The number of Topliss-reactive ketones (excluding diaryl/α,β-unsaturated/α-hetero) is 1. The van der Waals surface area contributed by atoms with Crippen LogP contribution in [-0.4, -0.2) is 22.0 Å². The quantitative estimate of drug-likeness (QED) is 0.240. The fraction of sp³-hybridized carbons (Fsp3) is 0.161. The molecule has 0 spiro atoms. The monoisotopic (exact) mass is 553 g/mol. The van der Waals surface area contributed by atoms with Crippen molar-refractivity contribution in [3.63, 3.8) is 0 Å². The highest BCUT2D eigenvalue weighted by molar-refractivity contribution is 7.18. The first-order chi connectivity index (χ1) is 19.3. The van der Waals surface area contributed by atoms with Crippen molar-refractivity contribution in [1.29, 1.82) is 5.26 Å². The Kier molecular flexibility index (Phi) is 7.45. The van der Waals surface area contributed by atoms with Gasteiger partial charge in [0.05, 0.1) is 31.1 Å². The fourth-order valence-corrected chi connectivity index (χ4v) is 5.64. The molecule has 0 bridgehead atoms. The second kappa shape index (κ2) is 11.1. The van der Waals surface area contributed by atoms with E-state index in [1.54, 1.807) is 66.7 Å². The summed E-state index contributed by atoms with van der Waals surface area (Å²) in [7, 11) is 1.53. The summed E-state index contributed by atoms with van der Waals surface area (Å²) >= 11 is 1.38. The molecule has 0 atom stereocenters. The van der Waals surface area contributed by atoms with Crippen LogP contribution in [0.1, 0.15) is 33.3 Å². The van der Waals surface area contributed by atoms with Crippen molar-refractivity contribution >= 4 is 27.3 Å². The number of aromatic nitrogens is 2. The molecule has 0 saturated carbocycles. The number of methoxy groups -OCH3 is 1. The lowest BCUT2D eigenvalue weighted by atomic mass is 9.99. The average Bonchev–Trinajstić information content (AvgIpc) is 3.42. The van der Waals surface area contributed by atoms with Crippen LogP contribution in [0.3, 0.4) is 0 Å². The number of ketones is 1. The maximum absolute atomic E-state index is 14.1. The van der Waals surface area contributed by atoms with E-state index in [9.17, 15) is 24.0 Å². The zero-order valence-electron chi connectivity index (χ0n) is 21.8. The molecule has 0 amide bonds. The van der Waals surface area contributed by atoms with Crippen LogP contribution in [0.5, 0.6) is 5.75 Å². The van der Waals surface area contributed by atoms with Gasteiger partial charge in [-0.15, -0.1) is 11.3 Å². The number of carbonyl (C=O) groups is 1. The van der Waals surface area contributed by atoms with Crippen LogP contribution in [-0.2, 0) is 19.5 Å². The van der Waals surface area contributed by atoms with E-state index in [-0.39, 0.29) is 17.9 Å². The number of rotatable bonds is 8.